The van der Waals surface area contributed by atoms with Crippen LogP contribution in [-0.4, -0.2) is 36.2 Å². The Balaban J connectivity index is 2.03. The minimum Gasteiger partial charge on any atom is -0.326 e. The Kier molecular flexibility index (Phi) is 9.64. The van der Waals surface area contributed by atoms with Crippen LogP contribution in [0.4, 0.5) is 5.69 Å². The van der Waals surface area contributed by atoms with Gasteiger partial charge in [-0.05, 0) is 61.9 Å². The molecule has 0 radical (unpaired) electrons. The van der Waals surface area contributed by atoms with E-state index >= 15 is 0 Å². The number of Topliss-reactive ketones (excluding diaryl/α,β-unsaturated/α-hetero) is 1. The van der Waals surface area contributed by atoms with Gasteiger partial charge < -0.3 is 10.2 Å². The molecule has 1 aromatic rings. The van der Waals surface area contributed by atoms with Gasteiger partial charge in [0.25, 0.3) is 0 Å². The van der Waals surface area contributed by atoms with Crippen molar-refractivity contribution in [3.05, 3.63) is 66.3 Å². The normalized spacial score (nSPS) is 16.8. The zero-order chi connectivity index (χ0) is 25.5. The Hall–Kier alpha value is -2.46. The third-order valence-corrected chi connectivity index (χ3v) is 7.60. The van der Waals surface area contributed by atoms with Gasteiger partial charge in [0.05, 0.1) is 0 Å². The number of ketones is 1. The quantitative estimate of drug-likeness (QED) is 0.307. The standard InChI is InChI=1S/C30H44N2O2/c1-9-11-13-23(10-2)27(33)30(7,8)29(5,6)21-32-18-16-24(17-19-32)25-14-12-15-26(20-25)31-28(34)22(3)4/h9-15,20,22,24H,1,16-19,21H2,2-8H3,(H,31,34)/b13-11-,23-10+. The Morgan fingerprint density at radius 1 is 1.18 bits per heavy atom. The second-order valence-electron chi connectivity index (χ2n) is 11.0. The molecule has 1 aliphatic rings. The van der Waals surface area contributed by atoms with Gasteiger partial charge in [0.1, 0.15) is 0 Å². The summed E-state index contributed by atoms with van der Waals surface area (Å²) >= 11 is 0. The second kappa shape index (κ2) is 11.8. The SMILES string of the molecule is C=C/C=C\C(=C/C)C(=O)C(C)(C)C(C)(C)CN1CCC(c2cccc(NC(=O)C(C)C)c2)CC1. The topological polar surface area (TPSA) is 49.4 Å². The van der Waals surface area contributed by atoms with Crippen LogP contribution >= 0.6 is 0 Å². The number of nitrogens with zero attached hydrogens (tertiary/aromatic N) is 1. The summed E-state index contributed by atoms with van der Waals surface area (Å²) in [4.78, 5) is 27.9. The number of hydrogen-bond donors (Lipinski definition) is 1. The first-order chi connectivity index (χ1) is 15.9. The summed E-state index contributed by atoms with van der Waals surface area (Å²) in [6.07, 6.45) is 9.43. The molecule has 1 N–H and O–H groups in total. The maximum atomic E-state index is 13.4. The van der Waals surface area contributed by atoms with Crippen molar-refractivity contribution in [1.82, 2.24) is 4.90 Å². The van der Waals surface area contributed by atoms with Gasteiger partial charge in [-0.15, -0.1) is 0 Å². The highest BCUT2D eigenvalue weighted by atomic mass is 16.1. The van der Waals surface area contributed by atoms with Crippen molar-refractivity contribution < 1.29 is 9.59 Å². The average Bonchev–Trinajstić information content (AvgIpc) is 2.79. The number of nitrogens with one attached hydrogen (secondary N) is 1. The highest BCUT2D eigenvalue weighted by Gasteiger charge is 2.44. The third-order valence-electron chi connectivity index (χ3n) is 7.60. The third kappa shape index (κ3) is 6.79. The smallest absolute Gasteiger partial charge is 0.226 e. The van der Waals surface area contributed by atoms with Crippen LogP contribution < -0.4 is 5.32 Å². The lowest BCUT2D eigenvalue weighted by atomic mass is 9.63. The van der Waals surface area contributed by atoms with E-state index in [1.165, 1.54) is 5.56 Å². The van der Waals surface area contributed by atoms with Crippen molar-refractivity contribution in [2.75, 3.05) is 25.0 Å². The molecule has 1 amide bonds. The minimum atomic E-state index is -0.500. The molecule has 2 rings (SSSR count). The van der Waals surface area contributed by atoms with Gasteiger partial charge in [-0.1, -0.05) is 84.6 Å². The zero-order valence-corrected chi connectivity index (χ0v) is 22.3. The number of rotatable bonds is 10. The summed E-state index contributed by atoms with van der Waals surface area (Å²) in [5.41, 5.74) is 2.23. The maximum absolute atomic E-state index is 13.4. The summed E-state index contributed by atoms with van der Waals surface area (Å²) in [5.74, 6) is 0.678. The number of piperidine rings is 1. The van der Waals surface area contributed by atoms with Gasteiger partial charge >= 0.3 is 0 Å². The van der Waals surface area contributed by atoms with E-state index in [0.29, 0.717) is 5.92 Å². The van der Waals surface area contributed by atoms with Crippen LogP contribution in [0, 0.1) is 16.7 Å². The van der Waals surface area contributed by atoms with Crippen molar-refractivity contribution in [2.24, 2.45) is 16.7 Å². The minimum absolute atomic E-state index is 0.0340. The van der Waals surface area contributed by atoms with E-state index in [0.717, 1.165) is 43.7 Å². The fourth-order valence-electron chi connectivity index (χ4n) is 4.48. The van der Waals surface area contributed by atoms with Gasteiger partial charge in [-0.25, -0.2) is 0 Å². The molecule has 4 heteroatoms. The van der Waals surface area contributed by atoms with Crippen LogP contribution in [0.3, 0.4) is 0 Å². The molecule has 0 spiro atoms. The molecular formula is C30H44N2O2. The highest BCUT2D eigenvalue weighted by Crippen LogP contribution is 2.43. The highest BCUT2D eigenvalue weighted by molar-refractivity contribution is 6.02. The van der Waals surface area contributed by atoms with E-state index in [-0.39, 0.29) is 23.0 Å². The second-order valence-corrected chi connectivity index (χ2v) is 11.0. The molecule has 0 atom stereocenters. The Morgan fingerprint density at radius 2 is 1.82 bits per heavy atom. The number of amides is 1. The lowest BCUT2D eigenvalue weighted by Crippen LogP contribution is -2.49. The van der Waals surface area contributed by atoms with Gasteiger partial charge in [-0.2, -0.15) is 0 Å². The van der Waals surface area contributed by atoms with E-state index in [1.807, 2.05) is 51.1 Å². The number of hydrogen-bond acceptors (Lipinski definition) is 3. The largest absolute Gasteiger partial charge is 0.326 e. The predicted octanol–water partition coefficient (Wildman–Crippen LogP) is 6.77. The number of carbonyl (C=O) groups is 2. The molecule has 4 nitrogen and oxygen atoms in total. The van der Waals surface area contributed by atoms with Crippen molar-refractivity contribution >= 4 is 17.4 Å². The van der Waals surface area contributed by atoms with Crippen LogP contribution in [0.5, 0.6) is 0 Å². The fraction of sp³-hybridized carbons (Fsp3) is 0.533. The van der Waals surface area contributed by atoms with Crippen molar-refractivity contribution in [1.29, 1.82) is 0 Å². The van der Waals surface area contributed by atoms with Crippen molar-refractivity contribution in [2.45, 2.75) is 67.2 Å². The van der Waals surface area contributed by atoms with Crippen LogP contribution in [0.1, 0.15) is 72.8 Å². The lowest BCUT2D eigenvalue weighted by molar-refractivity contribution is -0.129. The van der Waals surface area contributed by atoms with Crippen LogP contribution in [-0.2, 0) is 9.59 Å². The first-order valence-electron chi connectivity index (χ1n) is 12.6. The maximum Gasteiger partial charge on any atom is 0.226 e. The summed E-state index contributed by atoms with van der Waals surface area (Å²) in [6.45, 7) is 20.9. The molecule has 1 heterocycles. The molecule has 1 fully saturated rings. The van der Waals surface area contributed by atoms with E-state index in [1.54, 1.807) is 6.08 Å². The summed E-state index contributed by atoms with van der Waals surface area (Å²) in [6, 6.07) is 8.30. The number of carbonyl (C=O) groups excluding carboxylic acids is 2. The van der Waals surface area contributed by atoms with Gasteiger partial charge in [0.2, 0.25) is 5.91 Å². The number of likely N-dealkylation sites (tertiary alicyclic amines) is 1. The summed E-state index contributed by atoms with van der Waals surface area (Å²) < 4.78 is 0. The first-order valence-corrected chi connectivity index (χ1v) is 12.6. The lowest BCUT2D eigenvalue weighted by Gasteiger charge is -2.45. The molecule has 1 aliphatic heterocycles. The Morgan fingerprint density at radius 3 is 2.38 bits per heavy atom. The van der Waals surface area contributed by atoms with Crippen LogP contribution in [0.25, 0.3) is 0 Å². The number of anilines is 1. The number of benzene rings is 1. The average molecular weight is 465 g/mol. The molecule has 34 heavy (non-hydrogen) atoms. The Bertz CT molecular complexity index is 929. The van der Waals surface area contributed by atoms with Gasteiger partial charge in [-0.3, -0.25) is 9.59 Å². The molecule has 0 unspecified atom stereocenters. The zero-order valence-electron chi connectivity index (χ0n) is 22.3. The summed E-state index contributed by atoms with van der Waals surface area (Å²) in [5, 5.41) is 3.02. The van der Waals surface area contributed by atoms with E-state index in [4.69, 9.17) is 0 Å². The number of allylic oxidation sites excluding steroid dienone is 5. The predicted molar refractivity (Wildman–Crippen MR) is 144 cm³/mol. The van der Waals surface area contributed by atoms with E-state index < -0.39 is 5.41 Å². The molecule has 1 aromatic carbocycles. The molecule has 0 saturated carbocycles. The van der Waals surface area contributed by atoms with Crippen LogP contribution in [0.2, 0.25) is 0 Å². The van der Waals surface area contributed by atoms with E-state index in [9.17, 15) is 9.59 Å². The first kappa shape index (κ1) is 27.8. The molecule has 0 aliphatic carbocycles. The molecule has 0 aromatic heterocycles. The fourth-order valence-corrected chi connectivity index (χ4v) is 4.48. The van der Waals surface area contributed by atoms with Gasteiger partial charge in [0.15, 0.2) is 5.78 Å². The summed E-state index contributed by atoms with van der Waals surface area (Å²) in [7, 11) is 0. The molecule has 186 valence electrons. The monoisotopic (exact) mass is 464 g/mol. The van der Waals surface area contributed by atoms with Crippen molar-refractivity contribution in [3.8, 4) is 0 Å². The van der Waals surface area contributed by atoms with Gasteiger partial charge in [0, 0.05) is 29.1 Å². The molecule has 0 bridgehead atoms. The molecule has 1 saturated heterocycles. The van der Waals surface area contributed by atoms with Crippen LogP contribution in [0.15, 0.2) is 60.7 Å². The molecular weight excluding hydrogens is 420 g/mol. The van der Waals surface area contributed by atoms with Crippen molar-refractivity contribution in [3.63, 3.8) is 0 Å². The van der Waals surface area contributed by atoms with E-state index in [2.05, 4.69) is 56.6 Å². The Labute approximate surface area is 207 Å².